The molecule has 20 heavy (non-hydrogen) atoms. The van der Waals surface area contributed by atoms with E-state index in [1.165, 1.54) is 11.5 Å². The average molecular weight is 298 g/mol. The van der Waals surface area contributed by atoms with E-state index in [0.29, 0.717) is 5.92 Å². The van der Waals surface area contributed by atoms with E-state index in [9.17, 15) is 9.59 Å². The third kappa shape index (κ3) is 3.30. The van der Waals surface area contributed by atoms with Crippen molar-refractivity contribution in [1.82, 2.24) is 10.2 Å². The van der Waals surface area contributed by atoms with Gasteiger partial charge in [-0.25, -0.2) is 0 Å². The molecule has 2 fully saturated rings. The fourth-order valence-corrected chi connectivity index (χ4v) is 4.13. The summed E-state index contributed by atoms with van der Waals surface area (Å²) in [6, 6.07) is -0.654. The Bertz CT molecular complexity index is 369. The molecule has 0 spiro atoms. The molecule has 0 saturated carbocycles. The van der Waals surface area contributed by atoms with Crippen LogP contribution in [-0.4, -0.2) is 46.8 Å². The summed E-state index contributed by atoms with van der Waals surface area (Å²) in [5.74, 6) is 3.24. The summed E-state index contributed by atoms with van der Waals surface area (Å²) in [6.45, 7) is 6.69. The lowest BCUT2D eigenvalue weighted by Crippen LogP contribution is -2.64. The molecule has 0 aromatic rings. The lowest BCUT2D eigenvalue weighted by atomic mass is 9.93. The number of thioether (sulfide) groups is 1. The Morgan fingerprint density at radius 2 is 2.00 bits per heavy atom. The Hall–Kier alpha value is -0.710. The molecule has 2 heterocycles. The van der Waals surface area contributed by atoms with Gasteiger partial charge in [-0.1, -0.05) is 20.3 Å². The third-order valence-corrected chi connectivity index (χ3v) is 5.75. The highest BCUT2D eigenvalue weighted by Crippen LogP contribution is 2.26. The minimum atomic E-state index is -0.332. The lowest BCUT2D eigenvalue weighted by molar-refractivity contribution is -0.150. The molecule has 2 saturated heterocycles. The number of piperazine rings is 1. The van der Waals surface area contributed by atoms with E-state index in [1.807, 2.05) is 30.5 Å². The van der Waals surface area contributed by atoms with E-state index in [2.05, 4.69) is 12.2 Å². The van der Waals surface area contributed by atoms with E-state index >= 15 is 0 Å². The second kappa shape index (κ2) is 6.83. The molecular formula is C15H26N2O2S. The summed E-state index contributed by atoms with van der Waals surface area (Å²) in [5, 5.41) is 2.90. The van der Waals surface area contributed by atoms with Gasteiger partial charge in [0.1, 0.15) is 12.1 Å². The van der Waals surface area contributed by atoms with E-state index in [4.69, 9.17) is 0 Å². The van der Waals surface area contributed by atoms with Crippen LogP contribution < -0.4 is 5.32 Å². The quantitative estimate of drug-likeness (QED) is 0.862. The molecule has 5 heteroatoms. The Labute approximate surface area is 126 Å². The van der Waals surface area contributed by atoms with Crippen LogP contribution in [0.5, 0.6) is 0 Å². The molecule has 0 radical (unpaired) electrons. The Morgan fingerprint density at radius 3 is 2.60 bits per heavy atom. The van der Waals surface area contributed by atoms with Gasteiger partial charge in [-0.05, 0) is 43.1 Å². The largest absolute Gasteiger partial charge is 0.342 e. The SMILES string of the molecule is CCC(C)C1NC(=O)C(C)N(CC2CCSCC2)C1=O. The molecule has 2 aliphatic rings. The van der Waals surface area contributed by atoms with Gasteiger partial charge in [0.15, 0.2) is 0 Å². The van der Waals surface area contributed by atoms with Gasteiger partial charge >= 0.3 is 0 Å². The predicted octanol–water partition coefficient (Wildman–Crippen LogP) is 1.89. The molecule has 0 aliphatic carbocycles. The van der Waals surface area contributed by atoms with Crippen LogP contribution in [0.1, 0.15) is 40.0 Å². The van der Waals surface area contributed by atoms with Crippen LogP contribution in [0.15, 0.2) is 0 Å². The topological polar surface area (TPSA) is 49.4 Å². The summed E-state index contributed by atoms with van der Waals surface area (Å²) >= 11 is 1.99. The highest BCUT2D eigenvalue weighted by Gasteiger charge is 2.40. The molecular weight excluding hydrogens is 272 g/mol. The molecule has 0 aromatic carbocycles. The molecule has 3 atom stereocenters. The minimum Gasteiger partial charge on any atom is -0.342 e. The van der Waals surface area contributed by atoms with Crippen LogP contribution in [0.3, 0.4) is 0 Å². The first-order valence-electron chi connectivity index (χ1n) is 7.73. The summed E-state index contributed by atoms with van der Waals surface area (Å²) < 4.78 is 0. The molecule has 0 aromatic heterocycles. The molecule has 4 nitrogen and oxygen atoms in total. The van der Waals surface area contributed by atoms with E-state index in [-0.39, 0.29) is 29.8 Å². The van der Waals surface area contributed by atoms with Gasteiger partial charge in [-0.3, -0.25) is 9.59 Å². The molecule has 1 N–H and O–H groups in total. The smallest absolute Gasteiger partial charge is 0.246 e. The number of carbonyl (C=O) groups is 2. The van der Waals surface area contributed by atoms with Crippen LogP contribution in [-0.2, 0) is 9.59 Å². The van der Waals surface area contributed by atoms with Crippen LogP contribution >= 0.6 is 11.8 Å². The standard InChI is InChI=1S/C15H26N2O2S/c1-4-10(2)13-15(19)17(11(3)14(18)16-13)9-12-5-7-20-8-6-12/h10-13H,4-9H2,1-3H3,(H,16,18). The zero-order chi connectivity index (χ0) is 14.7. The molecule has 3 unspecified atom stereocenters. The van der Waals surface area contributed by atoms with Crippen molar-refractivity contribution in [2.24, 2.45) is 11.8 Å². The Morgan fingerprint density at radius 1 is 1.35 bits per heavy atom. The third-order valence-electron chi connectivity index (χ3n) is 4.70. The van der Waals surface area contributed by atoms with Gasteiger partial charge in [-0.15, -0.1) is 0 Å². The van der Waals surface area contributed by atoms with Gasteiger partial charge in [0, 0.05) is 6.54 Å². The Balaban J connectivity index is 2.07. The number of hydrogen-bond donors (Lipinski definition) is 1. The summed E-state index contributed by atoms with van der Waals surface area (Å²) in [4.78, 5) is 26.6. The van der Waals surface area contributed by atoms with Gasteiger partial charge < -0.3 is 10.2 Å². The second-order valence-corrected chi connectivity index (χ2v) is 7.32. The molecule has 0 bridgehead atoms. The Kier molecular flexibility index (Phi) is 5.35. The lowest BCUT2D eigenvalue weighted by Gasteiger charge is -2.41. The molecule has 114 valence electrons. The highest BCUT2D eigenvalue weighted by atomic mass is 32.2. The summed E-state index contributed by atoms with van der Waals surface area (Å²) in [5.41, 5.74) is 0. The van der Waals surface area contributed by atoms with E-state index in [0.717, 1.165) is 25.8 Å². The zero-order valence-corrected chi connectivity index (χ0v) is 13.5. The average Bonchev–Trinajstić information content (AvgIpc) is 2.47. The van der Waals surface area contributed by atoms with Gasteiger partial charge in [-0.2, -0.15) is 11.8 Å². The van der Waals surface area contributed by atoms with Gasteiger partial charge in [0.2, 0.25) is 11.8 Å². The molecule has 2 amide bonds. The summed E-state index contributed by atoms with van der Waals surface area (Å²) in [6.07, 6.45) is 3.23. The fourth-order valence-electron chi connectivity index (χ4n) is 2.92. The number of nitrogens with one attached hydrogen (secondary N) is 1. The van der Waals surface area contributed by atoms with Crippen molar-refractivity contribution in [3.05, 3.63) is 0 Å². The second-order valence-electron chi connectivity index (χ2n) is 6.09. The van der Waals surface area contributed by atoms with Gasteiger partial charge in [0.05, 0.1) is 0 Å². The van der Waals surface area contributed by atoms with Crippen molar-refractivity contribution in [2.75, 3.05) is 18.1 Å². The van der Waals surface area contributed by atoms with Crippen LogP contribution in [0.4, 0.5) is 0 Å². The zero-order valence-electron chi connectivity index (χ0n) is 12.7. The predicted molar refractivity (Wildman–Crippen MR) is 82.6 cm³/mol. The first-order chi connectivity index (χ1) is 9.54. The van der Waals surface area contributed by atoms with Crippen molar-refractivity contribution >= 4 is 23.6 Å². The number of hydrogen-bond acceptors (Lipinski definition) is 3. The van der Waals surface area contributed by atoms with E-state index in [1.54, 1.807) is 0 Å². The number of rotatable bonds is 4. The van der Waals surface area contributed by atoms with Crippen molar-refractivity contribution in [1.29, 1.82) is 0 Å². The first-order valence-corrected chi connectivity index (χ1v) is 8.88. The monoisotopic (exact) mass is 298 g/mol. The molecule has 2 rings (SSSR count). The normalized spacial score (nSPS) is 30.2. The van der Waals surface area contributed by atoms with Crippen LogP contribution in [0, 0.1) is 11.8 Å². The number of carbonyl (C=O) groups excluding carboxylic acids is 2. The summed E-state index contributed by atoms with van der Waals surface area (Å²) in [7, 11) is 0. The van der Waals surface area contributed by atoms with Crippen LogP contribution in [0.25, 0.3) is 0 Å². The van der Waals surface area contributed by atoms with Gasteiger partial charge in [0.25, 0.3) is 0 Å². The number of nitrogens with zero attached hydrogens (tertiary/aromatic N) is 1. The van der Waals surface area contributed by atoms with Crippen molar-refractivity contribution in [3.8, 4) is 0 Å². The maximum atomic E-state index is 12.7. The van der Waals surface area contributed by atoms with E-state index < -0.39 is 0 Å². The minimum absolute atomic E-state index is 0.0000782. The maximum absolute atomic E-state index is 12.7. The van der Waals surface area contributed by atoms with Crippen LogP contribution in [0.2, 0.25) is 0 Å². The maximum Gasteiger partial charge on any atom is 0.246 e. The first kappa shape index (κ1) is 15.7. The van der Waals surface area contributed by atoms with Crippen molar-refractivity contribution in [2.45, 2.75) is 52.1 Å². The van der Waals surface area contributed by atoms with Crippen molar-refractivity contribution < 1.29 is 9.59 Å². The molecule has 2 aliphatic heterocycles. The highest BCUT2D eigenvalue weighted by molar-refractivity contribution is 7.99. The number of amides is 2. The fraction of sp³-hybridized carbons (Fsp3) is 0.867. The van der Waals surface area contributed by atoms with Crippen molar-refractivity contribution in [3.63, 3.8) is 0 Å².